The molecule has 0 aliphatic carbocycles. The largest absolute Gasteiger partial charge is 0.367 e. The zero-order chi connectivity index (χ0) is 12.3. The van der Waals surface area contributed by atoms with Crippen LogP contribution < -0.4 is 5.32 Å². The molecule has 0 radical (unpaired) electrons. The maximum atomic E-state index is 5.94. The number of nitrogens with one attached hydrogen (secondary N) is 1. The number of anilines is 1. The van der Waals surface area contributed by atoms with Crippen LogP contribution in [0.25, 0.3) is 0 Å². The fourth-order valence-electron chi connectivity index (χ4n) is 0.928. The van der Waals surface area contributed by atoms with Gasteiger partial charge in [0, 0.05) is 12.1 Å². The number of halogens is 2. The second kappa shape index (κ2) is 5.17. The predicted octanol–water partition coefficient (Wildman–Crippen LogP) is 2.54. The molecule has 0 unspecified atom stereocenters. The van der Waals surface area contributed by atoms with Gasteiger partial charge < -0.3 is 10.2 Å². The molecule has 1 heterocycles. The summed E-state index contributed by atoms with van der Waals surface area (Å²) in [5, 5.41) is 3.83. The van der Waals surface area contributed by atoms with Crippen molar-refractivity contribution in [2.75, 3.05) is 26.0 Å². The molecule has 90 valence electrons. The van der Waals surface area contributed by atoms with Gasteiger partial charge in [0.15, 0.2) is 0 Å². The third kappa shape index (κ3) is 3.47. The minimum absolute atomic E-state index is 0.000749. The number of likely N-dealkylation sites (N-methyl/N-ethyl adjacent to an activating group) is 1. The van der Waals surface area contributed by atoms with Crippen molar-refractivity contribution in [2.24, 2.45) is 0 Å². The number of aromatic nitrogens is 2. The Morgan fingerprint density at radius 1 is 1.38 bits per heavy atom. The Morgan fingerprint density at radius 3 is 2.56 bits per heavy atom. The Bertz CT molecular complexity index is 366. The molecule has 1 N–H and O–H groups in total. The van der Waals surface area contributed by atoms with Crippen LogP contribution in [0.15, 0.2) is 6.20 Å². The van der Waals surface area contributed by atoms with Crippen LogP contribution in [0.3, 0.4) is 0 Å². The van der Waals surface area contributed by atoms with Crippen LogP contribution in [0, 0.1) is 0 Å². The third-order valence-electron chi connectivity index (χ3n) is 2.61. The first-order valence-corrected chi connectivity index (χ1v) is 5.68. The normalized spacial score (nSPS) is 11.9. The average molecular weight is 263 g/mol. The minimum atomic E-state index is 0.000749. The summed E-state index contributed by atoms with van der Waals surface area (Å²) in [7, 11) is 4.05. The van der Waals surface area contributed by atoms with E-state index in [4.69, 9.17) is 23.2 Å². The summed E-state index contributed by atoms with van der Waals surface area (Å²) in [5.74, 6) is 0.566. The second-order valence-electron chi connectivity index (χ2n) is 4.40. The summed E-state index contributed by atoms with van der Waals surface area (Å²) in [4.78, 5) is 9.94. The lowest BCUT2D eigenvalue weighted by Gasteiger charge is -2.32. The lowest BCUT2D eigenvalue weighted by molar-refractivity contribution is 0.210. The van der Waals surface area contributed by atoms with Crippen LogP contribution >= 0.6 is 23.2 Å². The van der Waals surface area contributed by atoms with Gasteiger partial charge in [0.1, 0.15) is 10.8 Å². The Balaban J connectivity index is 2.71. The first-order valence-electron chi connectivity index (χ1n) is 4.92. The molecule has 6 heteroatoms. The highest BCUT2D eigenvalue weighted by Crippen LogP contribution is 2.20. The molecular weight excluding hydrogens is 247 g/mol. The Morgan fingerprint density at radius 2 is 2.00 bits per heavy atom. The molecular formula is C10H16Cl2N4. The molecule has 1 rings (SSSR count). The quantitative estimate of drug-likeness (QED) is 0.847. The van der Waals surface area contributed by atoms with Crippen molar-refractivity contribution < 1.29 is 0 Å². The lowest BCUT2D eigenvalue weighted by Crippen LogP contribution is -2.44. The van der Waals surface area contributed by atoms with Gasteiger partial charge in [-0.05, 0) is 39.5 Å². The average Bonchev–Trinajstić information content (AvgIpc) is 2.19. The van der Waals surface area contributed by atoms with Crippen molar-refractivity contribution in [2.45, 2.75) is 19.4 Å². The van der Waals surface area contributed by atoms with E-state index < -0.39 is 0 Å². The Labute approximate surface area is 106 Å². The molecule has 0 bridgehead atoms. The number of hydrogen-bond acceptors (Lipinski definition) is 4. The maximum Gasteiger partial charge on any atom is 0.224 e. The van der Waals surface area contributed by atoms with E-state index in [0.29, 0.717) is 17.4 Å². The first-order chi connectivity index (χ1) is 7.33. The molecule has 0 aliphatic heterocycles. The SMILES string of the molecule is CN(C)C(C)(C)CNc1nc(Cl)ncc1Cl. The summed E-state index contributed by atoms with van der Waals surface area (Å²) in [6.45, 7) is 4.96. The monoisotopic (exact) mass is 262 g/mol. The van der Waals surface area contributed by atoms with Gasteiger partial charge in [0.2, 0.25) is 5.28 Å². The van der Waals surface area contributed by atoms with Crippen LogP contribution in [0.5, 0.6) is 0 Å². The fraction of sp³-hybridized carbons (Fsp3) is 0.600. The van der Waals surface area contributed by atoms with E-state index in [2.05, 4.69) is 34.0 Å². The Kier molecular flexibility index (Phi) is 4.35. The molecule has 0 fully saturated rings. The van der Waals surface area contributed by atoms with Crippen molar-refractivity contribution in [1.82, 2.24) is 14.9 Å². The number of rotatable bonds is 4. The van der Waals surface area contributed by atoms with Gasteiger partial charge in [-0.2, -0.15) is 4.98 Å². The van der Waals surface area contributed by atoms with Gasteiger partial charge in [-0.25, -0.2) is 4.98 Å². The van der Waals surface area contributed by atoms with E-state index in [1.807, 2.05) is 14.1 Å². The van der Waals surface area contributed by atoms with Crippen molar-refractivity contribution in [3.63, 3.8) is 0 Å². The van der Waals surface area contributed by atoms with Crippen LogP contribution in [0.2, 0.25) is 10.3 Å². The predicted molar refractivity (Wildman–Crippen MR) is 68.3 cm³/mol. The zero-order valence-electron chi connectivity index (χ0n) is 9.88. The maximum absolute atomic E-state index is 5.94. The standard InChI is InChI=1S/C10H16Cl2N4/c1-10(2,16(3)4)6-14-8-7(11)5-13-9(12)15-8/h5H,6H2,1-4H3,(H,13,14,15). The highest BCUT2D eigenvalue weighted by Gasteiger charge is 2.20. The van der Waals surface area contributed by atoms with Crippen LogP contribution in [-0.2, 0) is 0 Å². The third-order valence-corrected chi connectivity index (χ3v) is 3.07. The van der Waals surface area contributed by atoms with Crippen LogP contribution in [0.4, 0.5) is 5.82 Å². The smallest absolute Gasteiger partial charge is 0.224 e. The first kappa shape index (κ1) is 13.5. The fourth-order valence-corrected chi connectivity index (χ4v) is 1.22. The molecule has 0 amide bonds. The molecule has 0 aromatic carbocycles. The molecule has 1 aromatic heterocycles. The molecule has 16 heavy (non-hydrogen) atoms. The summed E-state index contributed by atoms with van der Waals surface area (Å²) in [5.41, 5.74) is 0.000749. The van der Waals surface area contributed by atoms with E-state index in [9.17, 15) is 0 Å². The molecule has 0 saturated carbocycles. The van der Waals surface area contributed by atoms with Gasteiger partial charge in [-0.1, -0.05) is 11.6 Å². The summed E-state index contributed by atoms with van der Waals surface area (Å²) in [6, 6.07) is 0. The van der Waals surface area contributed by atoms with E-state index in [1.54, 1.807) is 0 Å². The van der Waals surface area contributed by atoms with Gasteiger partial charge in [-0.3, -0.25) is 0 Å². The summed E-state index contributed by atoms with van der Waals surface area (Å²) < 4.78 is 0. The van der Waals surface area contributed by atoms with Crippen molar-refractivity contribution in [3.05, 3.63) is 16.5 Å². The van der Waals surface area contributed by atoms with Crippen molar-refractivity contribution >= 4 is 29.0 Å². The van der Waals surface area contributed by atoms with Gasteiger partial charge in [0.25, 0.3) is 0 Å². The highest BCUT2D eigenvalue weighted by atomic mass is 35.5. The van der Waals surface area contributed by atoms with Crippen molar-refractivity contribution in [1.29, 1.82) is 0 Å². The number of hydrogen-bond donors (Lipinski definition) is 1. The van der Waals surface area contributed by atoms with E-state index in [-0.39, 0.29) is 10.8 Å². The molecule has 0 aliphatic rings. The molecule has 4 nitrogen and oxygen atoms in total. The molecule has 0 saturated heterocycles. The second-order valence-corrected chi connectivity index (χ2v) is 5.14. The van der Waals surface area contributed by atoms with E-state index >= 15 is 0 Å². The van der Waals surface area contributed by atoms with E-state index in [0.717, 1.165) is 0 Å². The summed E-state index contributed by atoms with van der Waals surface area (Å²) in [6.07, 6.45) is 1.49. The zero-order valence-corrected chi connectivity index (χ0v) is 11.4. The van der Waals surface area contributed by atoms with Crippen LogP contribution in [-0.4, -0.2) is 41.0 Å². The topological polar surface area (TPSA) is 41.0 Å². The summed E-state index contributed by atoms with van der Waals surface area (Å²) >= 11 is 11.6. The Hall–Kier alpha value is -0.580. The van der Waals surface area contributed by atoms with Gasteiger partial charge >= 0.3 is 0 Å². The van der Waals surface area contributed by atoms with E-state index in [1.165, 1.54) is 6.20 Å². The van der Waals surface area contributed by atoms with Crippen LogP contribution in [0.1, 0.15) is 13.8 Å². The highest BCUT2D eigenvalue weighted by molar-refractivity contribution is 6.33. The lowest BCUT2D eigenvalue weighted by atomic mass is 10.0. The minimum Gasteiger partial charge on any atom is -0.367 e. The number of nitrogens with zero attached hydrogens (tertiary/aromatic N) is 3. The molecule has 0 atom stereocenters. The van der Waals surface area contributed by atoms with Gasteiger partial charge in [0.05, 0.1) is 6.20 Å². The van der Waals surface area contributed by atoms with Crippen molar-refractivity contribution in [3.8, 4) is 0 Å². The molecule has 0 spiro atoms. The van der Waals surface area contributed by atoms with Gasteiger partial charge in [-0.15, -0.1) is 0 Å². The molecule has 1 aromatic rings.